The number of aryl methyl sites for hydroxylation is 1. The summed E-state index contributed by atoms with van der Waals surface area (Å²) in [6, 6.07) is 11.9. The van der Waals surface area contributed by atoms with Gasteiger partial charge in [-0.25, -0.2) is 4.79 Å². The van der Waals surface area contributed by atoms with Crippen molar-refractivity contribution in [1.29, 1.82) is 0 Å². The molecule has 1 N–H and O–H groups in total. The molecule has 0 atom stereocenters. The highest BCUT2D eigenvalue weighted by molar-refractivity contribution is 5.91. The number of hydrogen-bond donors (Lipinski definition) is 1. The molecule has 23 heavy (non-hydrogen) atoms. The van der Waals surface area contributed by atoms with E-state index in [0.29, 0.717) is 24.9 Å². The number of rotatable bonds is 6. The van der Waals surface area contributed by atoms with Gasteiger partial charge in [0.1, 0.15) is 5.75 Å². The standard InChI is InChI=1S/C18H23N3O2/c1-3-23-17-9-5-4-8-16(17)19-18(22)21(14-10-11-14)13-15-7-6-12-20(15)2/h4-9,12,14H,3,10-11,13H2,1-2H3,(H,19,22). The van der Waals surface area contributed by atoms with Gasteiger partial charge in [0.2, 0.25) is 0 Å². The molecule has 5 heteroatoms. The van der Waals surface area contributed by atoms with E-state index in [2.05, 4.69) is 16.0 Å². The third-order valence-electron chi connectivity index (χ3n) is 4.06. The fraction of sp³-hybridized carbons (Fsp3) is 0.389. The van der Waals surface area contributed by atoms with Crippen molar-refractivity contribution >= 4 is 11.7 Å². The van der Waals surface area contributed by atoms with Crippen LogP contribution in [0, 0.1) is 0 Å². The Morgan fingerprint density at radius 3 is 2.74 bits per heavy atom. The third kappa shape index (κ3) is 3.67. The Morgan fingerprint density at radius 1 is 1.30 bits per heavy atom. The maximum atomic E-state index is 12.7. The summed E-state index contributed by atoms with van der Waals surface area (Å²) < 4.78 is 7.63. The van der Waals surface area contributed by atoms with Gasteiger partial charge in [-0.05, 0) is 44.0 Å². The van der Waals surface area contributed by atoms with Crippen LogP contribution in [-0.4, -0.2) is 28.1 Å². The number of anilines is 1. The molecule has 0 bridgehead atoms. The van der Waals surface area contributed by atoms with Crippen LogP contribution in [0.3, 0.4) is 0 Å². The number of carbonyl (C=O) groups is 1. The van der Waals surface area contributed by atoms with Crippen molar-refractivity contribution in [3.8, 4) is 5.75 Å². The highest BCUT2D eigenvalue weighted by Crippen LogP contribution is 2.30. The predicted octanol–water partition coefficient (Wildman–Crippen LogP) is 3.62. The van der Waals surface area contributed by atoms with E-state index >= 15 is 0 Å². The van der Waals surface area contributed by atoms with E-state index in [-0.39, 0.29) is 6.03 Å². The Morgan fingerprint density at radius 2 is 2.09 bits per heavy atom. The number of aromatic nitrogens is 1. The summed E-state index contributed by atoms with van der Waals surface area (Å²) in [5, 5.41) is 3.00. The molecule has 0 unspecified atom stereocenters. The molecule has 0 aliphatic heterocycles. The number of nitrogens with zero attached hydrogens (tertiary/aromatic N) is 2. The molecule has 0 spiro atoms. The van der Waals surface area contributed by atoms with Crippen molar-refractivity contribution in [2.45, 2.75) is 32.4 Å². The van der Waals surface area contributed by atoms with Crippen LogP contribution < -0.4 is 10.1 Å². The number of ether oxygens (including phenoxy) is 1. The molecule has 2 amide bonds. The average molecular weight is 313 g/mol. The fourth-order valence-corrected chi connectivity index (χ4v) is 2.63. The fourth-order valence-electron chi connectivity index (χ4n) is 2.63. The van der Waals surface area contributed by atoms with Crippen LogP contribution in [0.2, 0.25) is 0 Å². The molecule has 0 radical (unpaired) electrons. The lowest BCUT2D eigenvalue weighted by Crippen LogP contribution is -2.36. The summed E-state index contributed by atoms with van der Waals surface area (Å²) in [5.74, 6) is 0.706. The number of amides is 2. The van der Waals surface area contributed by atoms with Crippen molar-refractivity contribution in [3.63, 3.8) is 0 Å². The lowest BCUT2D eigenvalue weighted by Gasteiger charge is -2.24. The van der Waals surface area contributed by atoms with E-state index in [1.165, 1.54) is 0 Å². The van der Waals surface area contributed by atoms with Gasteiger partial charge in [-0.3, -0.25) is 0 Å². The Balaban J connectivity index is 1.73. The van der Waals surface area contributed by atoms with Gasteiger partial charge in [0, 0.05) is 25.0 Å². The van der Waals surface area contributed by atoms with Gasteiger partial charge in [0.05, 0.1) is 18.8 Å². The zero-order chi connectivity index (χ0) is 16.2. The van der Waals surface area contributed by atoms with Gasteiger partial charge in [0.15, 0.2) is 0 Å². The molecule has 5 nitrogen and oxygen atoms in total. The van der Waals surface area contributed by atoms with Gasteiger partial charge < -0.3 is 19.5 Å². The van der Waals surface area contributed by atoms with E-state index < -0.39 is 0 Å². The van der Waals surface area contributed by atoms with E-state index in [1.54, 1.807) is 0 Å². The van der Waals surface area contributed by atoms with Crippen LogP contribution in [0.4, 0.5) is 10.5 Å². The lowest BCUT2D eigenvalue weighted by atomic mass is 10.3. The molecule has 0 saturated heterocycles. The monoisotopic (exact) mass is 313 g/mol. The van der Waals surface area contributed by atoms with E-state index in [4.69, 9.17) is 4.74 Å². The normalized spacial score (nSPS) is 13.7. The summed E-state index contributed by atoms with van der Waals surface area (Å²) in [7, 11) is 2.00. The minimum Gasteiger partial charge on any atom is -0.492 e. The van der Waals surface area contributed by atoms with Crippen LogP contribution in [0.25, 0.3) is 0 Å². The second-order valence-electron chi connectivity index (χ2n) is 5.83. The predicted molar refractivity (Wildman–Crippen MR) is 90.6 cm³/mol. The number of benzene rings is 1. The lowest BCUT2D eigenvalue weighted by molar-refractivity contribution is 0.204. The molecular formula is C18H23N3O2. The van der Waals surface area contributed by atoms with Crippen LogP contribution in [0.1, 0.15) is 25.5 Å². The maximum Gasteiger partial charge on any atom is 0.322 e. The van der Waals surface area contributed by atoms with Crippen LogP contribution in [0.5, 0.6) is 5.75 Å². The molecule has 1 aromatic carbocycles. The number of nitrogens with one attached hydrogen (secondary N) is 1. The Kier molecular flexibility index (Phi) is 4.55. The van der Waals surface area contributed by atoms with Crippen molar-refractivity contribution in [2.75, 3.05) is 11.9 Å². The second kappa shape index (κ2) is 6.77. The second-order valence-corrected chi connectivity index (χ2v) is 5.83. The molecule has 1 saturated carbocycles. The Hall–Kier alpha value is -2.43. The zero-order valence-electron chi connectivity index (χ0n) is 13.7. The molecule has 1 aliphatic rings. The van der Waals surface area contributed by atoms with Crippen LogP contribution in [0.15, 0.2) is 42.6 Å². The van der Waals surface area contributed by atoms with E-state index in [0.717, 1.165) is 24.2 Å². The third-order valence-corrected chi connectivity index (χ3v) is 4.06. The first kappa shape index (κ1) is 15.5. The number of carbonyl (C=O) groups excluding carboxylic acids is 1. The van der Waals surface area contributed by atoms with E-state index in [1.807, 2.05) is 55.4 Å². The molecule has 1 heterocycles. The van der Waals surface area contributed by atoms with E-state index in [9.17, 15) is 4.79 Å². The first-order valence-corrected chi connectivity index (χ1v) is 8.08. The van der Waals surface area contributed by atoms with Gasteiger partial charge in [0.25, 0.3) is 0 Å². The molecule has 1 fully saturated rings. The number of para-hydroxylation sites is 2. The van der Waals surface area contributed by atoms with Gasteiger partial charge >= 0.3 is 6.03 Å². The first-order chi connectivity index (χ1) is 11.2. The van der Waals surface area contributed by atoms with Crippen molar-refractivity contribution in [2.24, 2.45) is 7.05 Å². The molecule has 1 aliphatic carbocycles. The van der Waals surface area contributed by atoms with Crippen molar-refractivity contribution in [1.82, 2.24) is 9.47 Å². The van der Waals surface area contributed by atoms with Gasteiger partial charge in [-0.15, -0.1) is 0 Å². The molecule has 2 aromatic rings. The molecule has 3 rings (SSSR count). The van der Waals surface area contributed by atoms with Gasteiger partial charge in [-0.2, -0.15) is 0 Å². The SMILES string of the molecule is CCOc1ccccc1NC(=O)N(Cc1cccn1C)C1CC1. The smallest absolute Gasteiger partial charge is 0.322 e. The highest BCUT2D eigenvalue weighted by Gasteiger charge is 2.33. The Labute approximate surface area is 136 Å². The Bertz CT molecular complexity index is 676. The van der Waals surface area contributed by atoms with Gasteiger partial charge in [-0.1, -0.05) is 12.1 Å². The molecule has 122 valence electrons. The van der Waals surface area contributed by atoms with Crippen molar-refractivity contribution < 1.29 is 9.53 Å². The molecular weight excluding hydrogens is 290 g/mol. The minimum atomic E-state index is -0.0687. The number of urea groups is 1. The topological polar surface area (TPSA) is 46.5 Å². The first-order valence-electron chi connectivity index (χ1n) is 8.08. The minimum absolute atomic E-state index is 0.0687. The largest absolute Gasteiger partial charge is 0.492 e. The summed E-state index contributed by atoms with van der Waals surface area (Å²) in [6.07, 6.45) is 4.15. The highest BCUT2D eigenvalue weighted by atomic mass is 16.5. The zero-order valence-corrected chi connectivity index (χ0v) is 13.7. The molecule has 1 aromatic heterocycles. The summed E-state index contributed by atoms with van der Waals surface area (Å²) in [4.78, 5) is 14.7. The maximum absolute atomic E-state index is 12.7. The summed E-state index contributed by atoms with van der Waals surface area (Å²) in [5.41, 5.74) is 1.85. The summed E-state index contributed by atoms with van der Waals surface area (Å²) >= 11 is 0. The van der Waals surface area contributed by atoms with Crippen LogP contribution >= 0.6 is 0 Å². The quantitative estimate of drug-likeness (QED) is 0.885. The summed E-state index contributed by atoms with van der Waals surface area (Å²) in [6.45, 7) is 3.13. The number of hydrogen-bond acceptors (Lipinski definition) is 2. The van der Waals surface area contributed by atoms with Crippen molar-refractivity contribution in [3.05, 3.63) is 48.3 Å². The van der Waals surface area contributed by atoms with Crippen LogP contribution in [-0.2, 0) is 13.6 Å². The average Bonchev–Trinajstić information content (AvgIpc) is 3.30.